The van der Waals surface area contributed by atoms with E-state index in [4.69, 9.17) is 22.1 Å². The molecular formula is C15H11ClFNO3. The van der Waals surface area contributed by atoms with E-state index in [2.05, 4.69) is 0 Å². The molecule has 1 amide bonds. The maximum absolute atomic E-state index is 13.5. The van der Waals surface area contributed by atoms with Crippen molar-refractivity contribution in [2.75, 3.05) is 6.61 Å². The quantitative estimate of drug-likeness (QED) is 0.864. The van der Waals surface area contributed by atoms with Crippen LogP contribution in [0.25, 0.3) is 0 Å². The number of Topliss-reactive ketones (excluding diaryl/α,β-unsaturated/α-hetero) is 1. The number of nitrogens with two attached hydrogens (primary N) is 1. The second kappa shape index (κ2) is 6.37. The molecule has 0 aromatic heterocycles. The Morgan fingerprint density at radius 1 is 1.14 bits per heavy atom. The van der Waals surface area contributed by atoms with Crippen molar-refractivity contribution < 1.29 is 18.7 Å². The van der Waals surface area contributed by atoms with Crippen LogP contribution in [0.15, 0.2) is 42.5 Å². The van der Waals surface area contributed by atoms with E-state index in [-0.39, 0.29) is 23.7 Å². The van der Waals surface area contributed by atoms with Gasteiger partial charge < -0.3 is 10.5 Å². The van der Waals surface area contributed by atoms with Crippen molar-refractivity contribution in [2.24, 2.45) is 5.73 Å². The van der Waals surface area contributed by atoms with E-state index in [1.165, 1.54) is 12.1 Å². The summed E-state index contributed by atoms with van der Waals surface area (Å²) in [6.45, 7) is -0.342. The number of carbonyl (C=O) groups excluding carboxylic acids is 2. The van der Waals surface area contributed by atoms with E-state index >= 15 is 0 Å². The van der Waals surface area contributed by atoms with Gasteiger partial charge in [-0.2, -0.15) is 0 Å². The van der Waals surface area contributed by atoms with Crippen molar-refractivity contribution in [3.63, 3.8) is 0 Å². The summed E-state index contributed by atoms with van der Waals surface area (Å²) >= 11 is 5.73. The number of halogens is 2. The van der Waals surface area contributed by atoms with Crippen LogP contribution in [0.4, 0.5) is 4.39 Å². The standard InChI is InChI=1S/C15H11ClFNO3/c16-10-6-4-9(5-7-10)12(19)8-21-13-3-1-2-11(17)14(13)15(18)20/h1-7H,8H2,(H2,18,20). The lowest BCUT2D eigenvalue weighted by atomic mass is 10.1. The summed E-state index contributed by atoms with van der Waals surface area (Å²) in [4.78, 5) is 23.1. The van der Waals surface area contributed by atoms with Crippen molar-refractivity contribution in [1.82, 2.24) is 0 Å². The number of benzene rings is 2. The highest BCUT2D eigenvalue weighted by molar-refractivity contribution is 6.30. The number of primary amides is 1. The van der Waals surface area contributed by atoms with Gasteiger partial charge in [0.2, 0.25) is 0 Å². The minimum absolute atomic E-state index is 0.0650. The number of amides is 1. The lowest BCUT2D eigenvalue weighted by Crippen LogP contribution is -2.18. The molecule has 0 saturated heterocycles. The molecule has 2 aromatic rings. The molecule has 4 nitrogen and oxygen atoms in total. The first-order chi connectivity index (χ1) is 9.99. The monoisotopic (exact) mass is 307 g/mol. The van der Waals surface area contributed by atoms with Gasteiger partial charge in [0.15, 0.2) is 12.4 Å². The molecule has 108 valence electrons. The number of ketones is 1. The molecule has 0 heterocycles. The van der Waals surface area contributed by atoms with Crippen LogP contribution >= 0.6 is 11.6 Å². The van der Waals surface area contributed by atoms with Gasteiger partial charge in [-0.25, -0.2) is 4.39 Å². The molecule has 0 spiro atoms. The smallest absolute Gasteiger partial charge is 0.255 e. The molecular weight excluding hydrogens is 297 g/mol. The average Bonchev–Trinajstić information content (AvgIpc) is 2.45. The Morgan fingerprint density at radius 2 is 1.81 bits per heavy atom. The number of hydrogen-bond donors (Lipinski definition) is 1. The Kier molecular flexibility index (Phi) is 4.55. The van der Waals surface area contributed by atoms with Gasteiger partial charge in [0.25, 0.3) is 5.91 Å². The maximum Gasteiger partial charge on any atom is 0.255 e. The van der Waals surface area contributed by atoms with Gasteiger partial charge in [0.1, 0.15) is 17.1 Å². The van der Waals surface area contributed by atoms with Crippen LogP contribution in [-0.2, 0) is 0 Å². The molecule has 21 heavy (non-hydrogen) atoms. The predicted octanol–water partition coefficient (Wildman–Crippen LogP) is 2.84. The summed E-state index contributed by atoms with van der Waals surface area (Å²) in [5.41, 5.74) is 5.12. The normalized spacial score (nSPS) is 10.2. The van der Waals surface area contributed by atoms with Gasteiger partial charge in [-0.3, -0.25) is 9.59 Å². The molecule has 2 rings (SSSR count). The summed E-state index contributed by atoms with van der Waals surface area (Å²) in [5.74, 6) is -2.14. The number of carbonyl (C=O) groups is 2. The zero-order chi connectivity index (χ0) is 15.4. The van der Waals surface area contributed by atoms with E-state index in [0.29, 0.717) is 10.6 Å². The molecule has 0 saturated carbocycles. The first-order valence-corrected chi connectivity index (χ1v) is 6.36. The number of hydrogen-bond acceptors (Lipinski definition) is 3. The maximum atomic E-state index is 13.5. The highest BCUT2D eigenvalue weighted by Crippen LogP contribution is 2.21. The molecule has 0 aliphatic heterocycles. The Bertz CT molecular complexity index is 686. The molecule has 0 bridgehead atoms. The van der Waals surface area contributed by atoms with Crippen molar-refractivity contribution >= 4 is 23.3 Å². The summed E-state index contributed by atoms with van der Waals surface area (Å²) in [5, 5.41) is 0.508. The topological polar surface area (TPSA) is 69.4 Å². The van der Waals surface area contributed by atoms with Crippen molar-refractivity contribution in [2.45, 2.75) is 0 Å². The van der Waals surface area contributed by atoms with Crippen LogP contribution in [0.5, 0.6) is 5.75 Å². The van der Waals surface area contributed by atoms with Gasteiger partial charge in [-0.05, 0) is 36.4 Å². The van der Waals surface area contributed by atoms with Gasteiger partial charge >= 0.3 is 0 Å². The summed E-state index contributed by atoms with van der Waals surface area (Å²) in [7, 11) is 0. The van der Waals surface area contributed by atoms with Crippen LogP contribution in [0.2, 0.25) is 5.02 Å². The zero-order valence-electron chi connectivity index (χ0n) is 10.8. The van der Waals surface area contributed by atoms with E-state index in [0.717, 1.165) is 6.07 Å². The molecule has 2 N–H and O–H groups in total. The van der Waals surface area contributed by atoms with Crippen molar-refractivity contribution in [1.29, 1.82) is 0 Å². The molecule has 0 aliphatic carbocycles. The molecule has 0 fully saturated rings. The fraction of sp³-hybridized carbons (Fsp3) is 0.0667. The molecule has 0 unspecified atom stereocenters. The second-order valence-corrected chi connectivity index (χ2v) is 4.63. The van der Waals surface area contributed by atoms with E-state index in [1.54, 1.807) is 24.3 Å². The van der Waals surface area contributed by atoms with Crippen LogP contribution in [0.1, 0.15) is 20.7 Å². The summed E-state index contributed by atoms with van der Waals surface area (Å²) in [6.07, 6.45) is 0. The SMILES string of the molecule is NC(=O)c1c(F)cccc1OCC(=O)c1ccc(Cl)cc1. The summed E-state index contributed by atoms with van der Waals surface area (Å²) < 4.78 is 18.7. The Balaban J connectivity index is 2.13. The van der Waals surface area contributed by atoms with Crippen LogP contribution in [-0.4, -0.2) is 18.3 Å². The lowest BCUT2D eigenvalue weighted by Gasteiger charge is -2.09. The first kappa shape index (κ1) is 15.0. The third-order valence-corrected chi connectivity index (χ3v) is 3.00. The number of ether oxygens (including phenoxy) is 1. The Morgan fingerprint density at radius 3 is 2.43 bits per heavy atom. The highest BCUT2D eigenvalue weighted by Gasteiger charge is 2.16. The molecule has 0 atom stereocenters. The van der Waals surface area contributed by atoms with Crippen LogP contribution < -0.4 is 10.5 Å². The van der Waals surface area contributed by atoms with Gasteiger partial charge in [0, 0.05) is 10.6 Å². The Hall–Kier alpha value is -2.40. The highest BCUT2D eigenvalue weighted by atomic mass is 35.5. The van der Waals surface area contributed by atoms with Crippen molar-refractivity contribution in [3.05, 3.63) is 64.4 Å². The van der Waals surface area contributed by atoms with Gasteiger partial charge in [-0.15, -0.1) is 0 Å². The van der Waals surface area contributed by atoms with Crippen molar-refractivity contribution in [3.8, 4) is 5.75 Å². The molecule has 0 aliphatic rings. The van der Waals surface area contributed by atoms with Gasteiger partial charge in [-0.1, -0.05) is 17.7 Å². The van der Waals surface area contributed by atoms with E-state index < -0.39 is 11.7 Å². The van der Waals surface area contributed by atoms with Crippen LogP contribution in [0.3, 0.4) is 0 Å². The fourth-order valence-electron chi connectivity index (χ4n) is 1.73. The minimum Gasteiger partial charge on any atom is -0.484 e. The average molecular weight is 308 g/mol. The minimum atomic E-state index is -0.956. The lowest BCUT2D eigenvalue weighted by molar-refractivity contribution is 0.0911. The zero-order valence-corrected chi connectivity index (χ0v) is 11.6. The third-order valence-electron chi connectivity index (χ3n) is 2.75. The summed E-state index contributed by atoms with van der Waals surface area (Å²) in [6, 6.07) is 10.1. The van der Waals surface area contributed by atoms with E-state index in [9.17, 15) is 14.0 Å². The van der Waals surface area contributed by atoms with E-state index in [1.807, 2.05) is 0 Å². The largest absolute Gasteiger partial charge is 0.484 e. The fourth-order valence-corrected chi connectivity index (χ4v) is 1.85. The second-order valence-electron chi connectivity index (χ2n) is 4.20. The van der Waals surface area contributed by atoms with Gasteiger partial charge in [0.05, 0.1) is 0 Å². The van der Waals surface area contributed by atoms with Crippen LogP contribution in [0, 0.1) is 5.82 Å². The molecule has 0 radical (unpaired) electrons. The predicted molar refractivity (Wildman–Crippen MR) is 76.2 cm³/mol. The number of rotatable bonds is 5. The first-order valence-electron chi connectivity index (χ1n) is 5.99. The molecule has 6 heteroatoms. The Labute approximate surface area is 125 Å². The molecule has 2 aromatic carbocycles. The third kappa shape index (κ3) is 3.58.